The quantitative estimate of drug-likeness (QED) is 0.694. The van der Waals surface area contributed by atoms with Crippen LogP contribution in [0.5, 0.6) is 0 Å². The number of carbonyl (C=O) groups excluding carboxylic acids is 1. The Hall–Kier alpha value is -1.97. The van der Waals surface area contributed by atoms with Crippen LogP contribution in [0.2, 0.25) is 0 Å². The second kappa shape index (κ2) is 6.88. The number of carbonyl (C=O) groups is 1. The van der Waals surface area contributed by atoms with Crippen molar-refractivity contribution in [2.75, 3.05) is 5.75 Å². The zero-order chi connectivity index (χ0) is 16.4. The number of aromatic amines is 1. The lowest BCUT2D eigenvalue weighted by molar-refractivity contribution is -0.130. The molecular formula is C15H13N5OS3. The summed E-state index contributed by atoms with van der Waals surface area (Å²) in [6.45, 7) is 0. The van der Waals surface area contributed by atoms with E-state index < -0.39 is 0 Å². The molecule has 0 saturated carbocycles. The zero-order valence-electron chi connectivity index (χ0n) is 12.5. The Bertz CT molecular complexity index is 827. The molecule has 0 unspecified atom stereocenters. The van der Waals surface area contributed by atoms with E-state index in [0.29, 0.717) is 5.03 Å². The molecule has 0 aliphatic carbocycles. The first-order valence-electron chi connectivity index (χ1n) is 7.26. The van der Waals surface area contributed by atoms with Crippen LogP contribution in [-0.2, 0) is 4.79 Å². The summed E-state index contributed by atoms with van der Waals surface area (Å²) >= 11 is 4.67. The van der Waals surface area contributed by atoms with Gasteiger partial charge < -0.3 is 0 Å². The Morgan fingerprint density at radius 1 is 1.33 bits per heavy atom. The van der Waals surface area contributed by atoms with Gasteiger partial charge >= 0.3 is 0 Å². The molecule has 1 amide bonds. The molecule has 9 heteroatoms. The second-order valence-electron chi connectivity index (χ2n) is 5.09. The van der Waals surface area contributed by atoms with Gasteiger partial charge in [-0.3, -0.25) is 4.79 Å². The van der Waals surface area contributed by atoms with Gasteiger partial charge in [0.1, 0.15) is 5.03 Å². The van der Waals surface area contributed by atoms with Gasteiger partial charge in [-0.15, -0.1) is 27.8 Å². The van der Waals surface area contributed by atoms with Crippen molar-refractivity contribution in [1.82, 2.24) is 20.4 Å². The van der Waals surface area contributed by atoms with Crippen molar-refractivity contribution in [3.05, 3.63) is 51.0 Å². The van der Waals surface area contributed by atoms with Crippen LogP contribution in [0.4, 0.5) is 0 Å². The Kier molecular flexibility index (Phi) is 4.46. The van der Waals surface area contributed by atoms with E-state index in [0.717, 1.165) is 21.9 Å². The fourth-order valence-corrected chi connectivity index (χ4v) is 4.67. The van der Waals surface area contributed by atoms with Gasteiger partial charge in [0.25, 0.3) is 5.91 Å². The predicted molar refractivity (Wildman–Crippen MR) is 96.5 cm³/mol. The van der Waals surface area contributed by atoms with Crippen molar-refractivity contribution >= 4 is 46.1 Å². The number of H-pyrrole nitrogens is 1. The summed E-state index contributed by atoms with van der Waals surface area (Å²) in [6.07, 6.45) is 2.36. The molecule has 0 spiro atoms. The van der Waals surface area contributed by atoms with E-state index in [1.54, 1.807) is 33.9 Å². The van der Waals surface area contributed by atoms with E-state index in [1.807, 2.05) is 29.0 Å². The Morgan fingerprint density at radius 2 is 2.21 bits per heavy atom. The summed E-state index contributed by atoms with van der Waals surface area (Å²) in [5.74, 6) is 0.267. The summed E-state index contributed by atoms with van der Waals surface area (Å²) in [4.78, 5) is 15.0. The molecule has 24 heavy (non-hydrogen) atoms. The zero-order valence-corrected chi connectivity index (χ0v) is 14.9. The van der Waals surface area contributed by atoms with Gasteiger partial charge in [0.05, 0.1) is 28.6 Å². The highest BCUT2D eigenvalue weighted by molar-refractivity contribution is 7.99. The molecule has 1 aliphatic heterocycles. The van der Waals surface area contributed by atoms with Crippen molar-refractivity contribution in [1.29, 1.82) is 0 Å². The van der Waals surface area contributed by atoms with Crippen LogP contribution in [0.25, 0.3) is 0 Å². The van der Waals surface area contributed by atoms with Gasteiger partial charge in [-0.2, -0.15) is 15.4 Å². The number of hydrogen-bond donors (Lipinski definition) is 1. The maximum Gasteiger partial charge on any atom is 0.253 e. The second-order valence-corrected chi connectivity index (χ2v) is 8.02. The number of hydrazone groups is 1. The summed E-state index contributed by atoms with van der Waals surface area (Å²) in [5.41, 5.74) is 0.975. The number of nitrogens with one attached hydrogen (secondary N) is 1. The standard InChI is InChI=1S/C15H13N5OS3/c21-15(9-24-14-8-16-19-17-14)20-11(13-4-2-6-23-13)7-10(18-20)12-3-1-5-22-12/h1-6,8,11H,7,9H2,(H,16,17,19)/t11-/m1/s1. The third-order valence-corrected chi connectivity index (χ3v) is 6.36. The highest BCUT2D eigenvalue weighted by Crippen LogP contribution is 2.36. The topological polar surface area (TPSA) is 74.2 Å². The highest BCUT2D eigenvalue weighted by Gasteiger charge is 2.33. The number of hydrogen-bond acceptors (Lipinski definition) is 7. The average molecular weight is 376 g/mol. The first-order chi connectivity index (χ1) is 11.8. The number of nitrogens with zero attached hydrogens (tertiary/aromatic N) is 4. The molecule has 0 aromatic carbocycles. The molecule has 0 radical (unpaired) electrons. The fraction of sp³-hybridized carbons (Fsp3) is 0.200. The molecule has 4 heterocycles. The largest absolute Gasteiger partial charge is 0.272 e. The van der Waals surface area contributed by atoms with Gasteiger partial charge in [-0.1, -0.05) is 23.9 Å². The Morgan fingerprint density at radius 3 is 2.92 bits per heavy atom. The van der Waals surface area contributed by atoms with Gasteiger partial charge in [0.15, 0.2) is 0 Å². The molecule has 6 nitrogen and oxygen atoms in total. The first-order valence-corrected chi connectivity index (χ1v) is 10.0. The van der Waals surface area contributed by atoms with Gasteiger partial charge in [-0.05, 0) is 22.9 Å². The lowest BCUT2D eigenvalue weighted by Gasteiger charge is -2.20. The van der Waals surface area contributed by atoms with Crippen molar-refractivity contribution in [2.24, 2.45) is 5.10 Å². The van der Waals surface area contributed by atoms with Crippen LogP contribution in [-0.4, -0.2) is 37.8 Å². The maximum atomic E-state index is 12.7. The van der Waals surface area contributed by atoms with Crippen LogP contribution in [0, 0.1) is 0 Å². The van der Waals surface area contributed by atoms with E-state index >= 15 is 0 Å². The molecule has 1 atom stereocenters. The molecule has 0 saturated heterocycles. The normalized spacial score (nSPS) is 17.2. The van der Waals surface area contributed by atoms with Gasteiger partial charge in [0.2, 0.25) is 0 Å². The number of rotatable bonds is 5. The van der Waals surface area contributed by atoms with Crippen LogP contribution in [0.1, 0.15) is 22.2 Å². The predicted octanol–water partition coefficient (Wildman–Crippen LogP) is 3.40. The van der Waals surface area contributed by atoms with Crippen LogP contribution < -0.4 is 0 Å². The van der Waals surface area contributed by atoms with Crippen LogP contribution in [0.3, 0.4) is 0 Å². The summed E-state index contributed by atoms with van der Waals surface area (Å²) in [5, 5.41) is 21.3. The van der Waals surface area contributed by atoms with Crippen LogP contribution >= 0.6 is 34.4 Å². The molecular weight excluding hydrogens is 362 g/mol. The molecule has 3 aromatic heterocycles. The first kappa shape index (κ1) is 15.6. The van der Waals surface area contributed by atoms with E-state index in [4.69, 9.17) is 0 Å². The van der Waals surface area contributed by atoms with Gasteiger partial charge in [-0.25, -0.2) is 5.01 Å². The summed E-state index contributed by atoms with van der Waals surface area (Å²) < 4.78 is 0. The SMILES string of the molecule is O=C(CSc1cn[nH]n1)N1N=C(c2cccs2)C[C@@H]1c1cccs1. The fourth-order valence-electron chi connectivity index (χ4n) is 2.50. The molecule has 3 aromatic rings. The Labute approximate surface area is 150 Å². The molecule has 1 N–H and O–H groups in total. The smallest absolute Gasteiger partial charge is 0.253 e. The number of thiophene rings is 2. The number of thioether (sulfide) groups is 1. The van der Waals surface area contributed by atoms with E-state index in [-0.39, 0.29) is 17.7 Å². The number of aromatic nitrogens is 3. The van der Waals surface area contributed by atoms with Crippen molar-refractivity contribution in [3.63, 3.8) is 0 Å². The molecule has 4 rings (SSSR count). The maximum absolute atomic E-state index is 12.7. The van der Waals surface area contributed by atoms with E-state index in [1.165, 1.54) is 11.8 Å². The summed E-state index contributed by atoms with van der Waals surface area (Å²) in [6, 6.07) is 8.11. The minimum atomic E-state index is -0.0208. The highest BCUT2D eigenvalue weighted by atomic mass is 32.2. The Balaban J connectivity index is 1.55. The lowest BCUT2D eigenvalue weighted by Crippen LogP contribution is -2.28. The summed E-state index contributed by atoms with van der Waals surface area (Å²) in [7, 11) is 0. The molecule has 0 bridgehead atoms. The van der Waals surface area contributed by atoms with Gasteiger partial charge in [0, 0.05) is 11.3 Å². The minimum Gasteiger partial charge on any atom is -0.272 e. The minimum absolute atomic E-state index is 0.0204. The van der Waals surface area contributed by atoms with Crippen molar-refractivity contribution < 1.29 is 4.79 Å². The third kappa shape index (κ3) is 3.14. The molecule has 122 valence electrons. The third-order valence-electron chi connectivity index (χ3n) is 3.58. The molecule has 0 fully saturated rings. The average Bonchev–Trinajstić information content (AvgIpc) is 3.40. The number of amides is 1. The molecule has 1 aliphatic rings. The van der Waals surface area contributed by atoms with Crippen molar-refractivity contribution in [2.45, 2.75) is 17.5 Å². The van der Waals surface area contributed by atoms with Crippen molar-refractivity contribution in [3.8, 4) is 0 Å². The van der Waals surface area contributed by atoms with E-state index in [9.17, 15) is 4.79 Å². The monoisotopic (exact) mass is 375 g/mol. The van der Waals surface area contributed by atoms with E-state index in [2.05, 4.69) is 26.6 Å². The lowest BCUT2D eigenvalue weighted by atomic mass is 10.1. The van der Waals surface area contributed by atoms with Crippen LogP contribution in [0.15, 0.2) is 51.3 Å².